The van der Waals surface area contributed by atoms with Crippen LogP contribution >= 0.6 is 0 Å². The number of nitrogens with two attached hydrogens (primary N) is 1. The Morgan fingerprint density at radius 1 is 1.25 bits per heavy atom. The predicted molar refractivity (Wildman–Crippen MR) is 81.0 cm³/mol. The molecule has 0 amide bonds. The highest BCUT2D eigenvalue weighted by Gasteiger charge is 2.27. The molecule has 20 heavy (non-hydrogen) atoms. The van der Waals surface area contributed by atoms with Crippen molar-refractivity contribution in [3.8, 4) is 5.75 Å². The molecule has 2 N–H and O–H groups in total. The van der Waals surface area contributed by atoms with Crippen molar-refractivity contribution in [2.45, 2.75) is 18.9 Å². The summed E-state index contributed by atoms with van der Waals surface area (Å²) < 4.78 is 5.22. The molecule has 3 rings (SSSR count). The first-order valence-electron chi connectivity index (χ1n) is 6.89. The van der Waals surface area contributed by atoms with E-state index in [0.717, 1.165) is 30.1 Å². The number of pyridine rings is 1. The summed E-state index contributed by atoms with van der Waals surface area (Å²) in [6.45, 7) is 1.03. The Hall–Kier alpha value is -2.23. The first-order chi connectivity index (χ1) is 9.79. The quantitative estimate of drug-likeness (QED) is 0.870. The van der Waals surface area contributed by atoms with Crippen LogP contribution < -0.4 is 15.4 Å². The van der Waals surface area contributed by atoms with Gasteiger partial charge in [-0.3, -0.25) is 4.98 Å². The first-order valence-corrected chi connectivity index (χ1v) is 6.89. The molecule has 2 aromatic rings. The largest absolute Gasteiger partial charge is 0.497 e. The summed E-state index contributed by atoms with van der Waals surface area (Å²) in [5.74, 6) is 0.797. The standard InChI is InChI=1S/C16H19N3O/c1-20-13-4-5-16(14(17)11-13)19-10-2-3-15(19)12-6-8-18-9-7-12/h4-9,11,15H,2-3,10,17H2,1H3. The van der Waals surface area contributed by atoms with Gasteiger partial charge in [-0.05, 0) is 42.7 Å². The predicted octanol–water partition coefficient (Wildman–Crippen LogP) is 3.01. The average Bonchev–Trinajstić information content (AvgIpc) is 2.97. The Morgan fingerprint density at radius 3 is 2.75 bits per heavy atom. The molecule has 0 aliphatic carbocycles. The Balaban J connectivity index is 1.93. The average molecular weight is 269 g/mol. The lowest BCUT2D eigenvalue weighted by Gasteiger charge is -2.28. The Labute approximate surface area is 119 Å². The molecule has 0 radical (unpaired) electrons. The summed E-state index contributed by atoms with van der Waals surface area (Å²) in [5.41, 5.74) is 9.34. The Kier molecular flexibility index (Phi) is 3.46. The van der Waals surface area contributed by atoms with Crippen molar-refractivity contribution < 1.29 is 4.74 Å². The summed E-state index contributed by atoms with van der Waals surface area (Å²) in [7, 11) is 1.66. The molecular formula is C16H19N3O. The lowest BCUT2D eigenvalue weighted by Crippen LogP contribution is -2.23. The van der Waals surface area contributed by atoms with E-state index in [1.165, 1.54) is 12.0 Å². The molecule has 1 atom stereocenters. The molecule has 1 aromatic carbocycles. The second-order valence-electron chi connectivity index (χ2n) is 5.06. The fourth-order valence-electron chi connectivity index (χ4n) is 2.91. The highest BCUT2D eigenvalue weighted by atomic mass is 16.5. The van der Waals surface area contributed by atoms with E-state index in [-0.39, 0.29) is 0 Å². The lowest BCUT2D eigenvalue weighted by molar-refractivity contribution is 0.415. The zero-order valence-electron chi connectivity index (χ0n) is 11.6. The number of nitrogens with zero attached hydrogens (tertiary/aromatic N) is 2. The molecular weight excluding hydrogens is 250 g/mol. The van der Waals surface area contributed by atoms with E-state index >= 15 is 0 Å². The van der Waals surface area contributed by atoms with Gasteiger partial charge in [0.05, 0.1) is 24.5 Å². The number of anilines is 2. The number of rotatable bonds is 3. The van der Waals surface area contributed by atoms with Crippen molar-refractivity contribution in [2.24, 2.45) is 0 Å². The molecule has 1 aliphatic heterocycles. The summed E-state index contributed by atoms with van der Waals surface area (Å²) in [4.78, 5) is 6.47. The Morgan fingerprint density at radius 2 is 2.05 bits per heavy atom. The minimum absolute atomic E-state index is 0.383. The van der Waals surface area contributed by atoms with Crippen LogP contribution in [-0.2, 0) is 0 Å². The van der Waals surface area contributed by atoms with Gasteiger partial charge in [0, 0.05) is 25.0 Å². The van der Waals surface area contributed by atoms with Crippen molar-refractivity contribution in [3.05, 3.63) is 48.3 Å². The van der Waals surface area contributed by atoms with Gasteiger partial charge >= 0.3 is 0 Å². The second-order valence-corrected chi connectivity index (χ2v) is 5.06. The highest BCUT2D eigenvalue weighted by molar-refractivity contribution is 5.70. The fraction of sp³-hybridized carbons (Fsp3) is 0.312. The van der Waals surface area contributed by atoms with Crippen LogP contribution in [0.1, 0.15) is 24.4 Å². The maximum absolute atomic E-state index is 6.18. The van der Waals surface area contributed by atoms with E-state index in [1.807, 2.05) is 30.6 Å². The van der Waals surface area contributed by atoms with Crippen molar-refractivity contribution in [1.82, 2.24) is 4.98 Å². The first kappa shape index (κ1) is 12.8. The van der Waals surface area contributed by atoms with E-state index in [2.05, 4.69) is 22.0 Å². The molecule has 104 valence electrons. The number of ether oxygens (including phenoxy) is 1. The van der Waals surface area contributed by atoms with Crippen LogP contribution in [0.2, 0.25) is 0 Å². The van der Waals surface area contributed by atoms with Gasteiger partial charge in [-0.25, -0.2) is 0 Å². The zero-order valence-corrected chi connectivity index (χ0v) is 11.6. The summed E-state index contributed by atoms with van der Waals surface area (Å²) in [5, 5.41) is 0. The van der Waals surface area contributed by atoms with Crippen LogP contribution in [0.4, 0.5) is 11.4 Å². The monoisotopic (exact) mass is 269 g/mol. The van der Waals surface area contributed by atoms with Gasteiger partial charge in [0.2, 0.25) is 0 Å². The molecule has 4 heteroatoms. The third-order valence-corrected chi connectivity index (χ3v) is 3.89. The smallest absolute Gasteiger partial charge is 0.121 e. The molecule has 1 saturated heterocycles. The molecule has 1 aliphatic rings. The molecule has 1 fully saturated rings. The number of hydrogen-bond acceptors (Lipinski definition) is 4. The molecule has 0 spiro atoms. The van der Waals surface area contributed by atoms with Crippen LogP contribution in [0.3, 0.4) is 0 Å². The topological polar surface area (TPSA) is 51.4 Å². The highest BCUT2D eigenvalue weighted by Crippen LogP contribution is 2.39. The van der Waals surface area contributed by atoms with Gasteiger partial charge in [0.25, 0.3) is 0 Å². The SMILES string of the molecule is COc1ccc(N2CCCC2c2ccncc2)c(N)c1. The minimum atomic E-state index is 0.383. The third-order valence-electron chi connectivity index (χ3n) is 3.89. The number of aromatic nitrogens is 1. The van der Waals surface area contributed by atoms with Crippen LogP contribution in [0.25, 0.3) is 0 Å². The lowest BCUT2D eigenvalue weighted by atomic mass is 10.1. The number of nitrogen functional groups attached to an aromatic ring is 1. The zero-order chi connectivity index (χ0) is 13.9. The number of benzene rings is 1. The van der Waals surface area contributed by atoms with Gasteiger partial charge in [0.15, 0.2) is 0 Å². The minimum Gasteiger partial charge on any atom is -0.497 e. The van der Waals surface area contributed by atoms with Crippen molar-refractivity contribution in [1.29, 1.82) is 0 Å². The second kappa shape index (κ2) is 5.41. The summed E-state index contributed by atoms with van der Waals surface area (Å²) in [6, 6.07) is 10.5. The number of methoxy groups -OCH3 is 1. The summed E-state index contributed by atoms with van der Waals surface area (Å²) >= 11 is 0. The van der Waals surface area contributed by atoms with Gasteiger partial charge < -0.3 is 15.4 Å². The normalized spacial score (nSPS) is 18.2. The van der Waals surface area contributed by atoms with Gasteiger partial charge in [-0.2, -0.15) is 0 Å². The molecule has 0 bridgehead atoms. The maximum Gasteiger partial charge on any atom is 0.121 e. The van der Waals surface area contributed by atoms with Crippen molar-refractivity contribution in [3.63, 3.8) is 0 Å². The molecule has 1 aromatic heterocycles. The number of hydrogen-bond donors (Lipinski definition) is 1. The van der Waals surface area contributed by atoms with Crippen LogP contribution in [0.5, 0.6) is 5.75 Å². The summed E-state index contributed by atoms with van der Waals surface area (Å²) in [6.07, 6.45) is 6.03. The molecule has 0 saturated carbocycles. The van der Waals surface area contributed by atoms with E-state index in [0.29, 0.717) is 6.04 Å². The van der Waals surface area contributed by atoms with E-state index in [1.54, 1.807) is 7.11 Å². The van der Waals surface area contributed by atoms with E-state index in [4.69, 9.17) is 10.5 Å². The van der Waals surface area contributed by atoms with Crippen molar-refractivity contribution in [2.75, 3.05) is 24.3 Å². The van der Waals surface area contributed by atoms with Gasteiger partial charge in [0.1, 0.15) is 5.75 Å². The fourth-order valence-corrected chi connectivity index (χ4v) is 2.91. The van der Waals surface area contributed by atoms with Crippen LogP contribution in [0, 0.1) is 0 Å². The third kappa shape index (κ3) is 2.29. The van der Waals surface area contributed by atoms with Gasteiger partial charge in [-0.15, -0.1) is 0 Å². The van der Waals surface area contributed by atoms with Gasteiger partial charge in [-0.1, -0.05) is 0 Å². The molecule has 2 heterocycles. The molecule has 1 unspecified atom stereocenters. The maximum atomic E-state index is 6.18. The van der Waals surface area contributed by atoms with Crippen molar-refractivity contribution >= 4 is 11.4 Å². The van der Waals surface area contributed by atoms with E-state index in [9.17, 15) is 0 Å². The Bertz CT molecular complexity index is 586. The molecule has 4 nitrogen and oxygen atoms in total. The van der Waals surface area contributed by atoms with E-state index < -0.39 is 0 Å². The van der Waals surface area contributed by atoms with Crippen LogP contribution in [-0.4, -0.2) is 18.6 Å². The van der Waals surface area contributed by atoms with Crippen LogP contribution in [0.15, 0.2) is 42.7 Å².